The van der Waals surface area contributed by atoms with E-state index in [2.05, 4.69) is 32.0 Å². The first kappa shape index (κ1) is 9.27. The van der Waals surface area contributed by atoms with E-state index in [1.807, 2.05) is 6.08 Å². The standard InChI is InChI=1S/C11H17N/c1-5-10-6-7-12(4)8-11(10)9(2)3/h5H,1-2,6-8H2,3-4H3. The van der Waals surface area contributed by atoms with Crippen LogP contribution in [0.1, 0.15) is 13.3 Å². The fourth-order valence-electron chi connectivity index (χ4n) is 1.55. The highest BCUT2D eigenvalue weighted by molar-refractivity contribution is 5.39. The minimum atomic E-state index is 1.02. The van der Waals surface area contributed by atoms with Gasteiger partial charge in [-0.3, -0.25) is 0 Å². The molecule has 0 bridgehead atoms. The Morgan fingerprint density at radius 3 is 2.75 bits per heavy atom. The van der Waals surface area contributed by atoms with Gasteiger partial charge in [-0.2, -0.15) is 0 Å². The van der Waals surface area contributed by atoms with Gasteiger partial charge in [0, 0.05) is 13.1 Å². The lowest BCUT2D eigenvalue weighted by molar-refractivity contribution is 0.352. The summed E-state index contributed by atoms with van der Waals surface area (Å²) in [7, 11) is 2.14. The van der Waals surface area contributed by atoms with Crippen LogP contribution >= 0.6 is 0 Å². The molecule has 0 spiro atoms. The lowest BCUT2D eigenvalue weighted by Crippen LogP contribution is -2.27. The van der Waals surface area contributed by atoms with Crippen molar-refractivity contribution in [3.8, 4) is 0 Å². The van der Waals surface area contributed by atoms with Gasteiger partial charge in [0.2, 0.25) is 0 Å². The largest absolute Gasteiger partial charge is 0.302 e. The van der Waals surface area contributed by atoms with E-state index in [0.717, 1.165) is 19.5 Å². The molecule has 0 aliphatic carbocycles. The zero-order chi connectivity index (χ0) is 9.14. The first-order valence-corrected chi connectivity index (χ1v) is 4.34. The van der Waals surface area contributed by atoms with Crippen LogP contribution in [0.15, 0.2) is 36.0 Å². The van der Waals surface area contributed by atoms with Crippen LogP contribution < -0.4 is 0 Å². The second-order valence-electron chi connectivity index (χ2n) is 3.48. The molecule has 0 fully saturated rings. The molecule has 0 aromatic rings. The zero-order valence-corrected chi connectivity index (χ0v) is 8.06. The van der Waals surface area contributed by atoms with Gasteiger partial charge in [0.05, 0.1) is 0 Å². The Balaban J connectivity index is 2.92. The summed E-state index contributed by atoms with van der Waals surface area (Å²) in [5.74, 6) is 0. The normalized spacial score (nSPS) is 19.5. The fraction of sp³-hybridized carbons (Fsp3) is 0.455. The van der Waals surface area contributed by atoms with Crippen LogP contribution in [0, 0.1) is 0 Å². The Bertz CT molecular complexity index is 235. The van der Waals surface area contributed by atoms with Crippen molar-refractivity contribution in [3.63, 3.8) is 0 Å². The fourth-order valence-corrected chi connectivity index (χ4v) is 1.55. The molecule has 0 aromatic heterocycles. The minimum Gasteiger partial charge on any atom is -0.302 e. The van der Waals surface area contributed by atoms with Gasteiger partial charge in [-0.25, -0.2) is 0 Å². The molecule has 1 nitrogen and oxygen atoms in total. The average molecular weight is 163 g/mol. The molecule has 0 saturated heterocycles. The number of rotatable bonds is 2. The molecule has 0 unspecified atom stereocenters. The second-order valence-corrected chi connectivity index (χ2v) is 3.48. The van der Waals surface area contributed by atoms with E-state index in [0.29, 0.717) is 0 Å². The quantitative estimate of drug-likeness (QED) is 0.604. The van der Waals surface area contributed by atoms with E-state index in [4.69, 9.17) is 0 Å². The molecule has 1 aliphatic rings. The topological polar surface area (TPSA) is 3.24 Å². The maximum atomic E-state index is 3.98. The summed E-state index contributed by atoms with van der Waals surface area (Å²) >= 11 is 0. The number of hydrogen-bond donors (Lipinski definition) is 0. The highest BCUT2D eigenvalue weighted by Gasteiger charge is 2.13. The Morgan fingerprint density at radius 1 is 1.58 bits per heavy atom. The molecule has 12 heavy (non-hydrogen) atoms. The average Bonchev–Trinajstić information content (AvgIpc) is 2.04. The van der Waals surface area contributed by atoms with Gasteiger partial charge in [0.25, 0.3) is 0 Å². The lowest BCUT2D eigenvalue weighted by Gasteiger charge is -2.26. The van der Waals surface area contributed by atoms with Crippen LogP contribution in [-0.2, 0) is 0 Å². The summed E-state index contributed by atoms with van der Waals surface area (Å²) in [5.41, 5.74) is 3.93. The van der Waals surface area contributed by atoms with Crippen LogP contribution in [0.3, 0.4) is 0 Å². The summed E-state index contributed by atoms with van der Waals surface area (Å²) in [5, 5.41) is 0. The molecule has 66 valence electrons. The van der Waals surface area contributed by atoms with Crippen molar-refractivity contribution >= 4 is 0 Å². The molecule has 0 atom stereocenters. The third-order valence-corrected chi connectivity index (χ3v) is 2.34. The van der Waals surface area contributed by atoms with Crippen LogP contribution in [0.5, 0.6) is 0 Å². The van der Waals surface area contributed by atoms with E-state index in [-0.39, 0.29) is 0 Å². The molecule has 1 heterocycles. The van der Waals surface area contributed by atoms with E-state index in [1.54, 1.807) is 0 Å². The smallest absolute Gasteiger partial charge is 0.0235 e. The summed E-state index contributed by atoms with van der Waals surface area (Å²) in [6.45, 7) is 12.0. The van der Waals surface area contributed by atoms with Gasteiger partial charge in [-0.05, 0) is 31.5 Å². The highest BCUT2D eigenvalue weighted by atomic mass is 15.1. The van der Waals surface area contributed by atoms with E-state index < -0.39 is 0 Å². The number of hydrogen-bond acceptors (Lipinski definition) is 1. The molecule has 0 N–H and O–H groups in total. The first-order valence-electron chi connectivity index (χ1n) is 4.34. The van der Waals surface area contributed by atoms with Crippen molar-refractivity contribution in [1.29, 1.82) is 0 Å². The Hall–Kier alpha value is -0.820. The Labute approximate surface area is 75.1 Å². The molecular weight excluding hydrogens is 146 g/mol. The van der Waals surface area contributed by atoms with E-state index in [1.165, 1.54) is 16.7 Å². The van der Waals surface area contributed by atoms with Crippen molar-refractivity contribution in [3.05, 3.63) is 36.0 Å². The number of allylic oxidation sites excluding steroid dienone is 1. The van der Waals surface area contributed by atoms with Crippen molar-refractivity contribution < 1.29 is 0 Å². The molecule has 0 amide bonds. The maximum absolute atomic E-state index is 3.98. The van der Waals surface area contributed by atoms with Crippen LogP contribution in [0.25, 0.3) is 0 Å². The summed E-state index contributed by atoms with van der Waals surface area (Å²) in [6, 6.07) is 0. The van der Waals surface area contributed by atoms with E-state index >= 15 is 0 Å². The molecule has 1 heteroatoms. The molecule has 0 saturated carbocycles. The summed E-state index contributed by atoms with van der Waals surface area (Å²) in [6.07, 6.45) is 3.08. The Morgan fingerprint density at radius 2 is 2.25 bits per heavy atom. The van der Waals surface area contributed by atoms with Crippen LogP contribution in [0.2, 0.25) is 0 Å². The summed E-state index contributed by atoms with van der Waals surface area (Å²) < 4.78 is 0. The van der Waals surface area contributed by atoms with Crippen molar-refractivity contribution in [2.45, 2.75) is 13.3 Å². The van der Waals surface area contributed by atoms with Crippen LogP contribution in [-0.4, -0.2) is 25.0 Å². The third-order valence-electron chi connectivity index (χ3n) is 2.34. The van der Waals surface area contributed by atoms with Crippen molar-refractivity contribution in [2.24, 2.45) is 0 Å². The van der Waals surface area contributed by atoms with Gasteiger partial charge >= 0.3 is 0 Å². The molecule has 0 radical (unpaired) electrons. The highest BCUT2D eigenvalue weighted by Crippen LogP contribution is 2.22. The number of likely N-dealkylation sites (N-methyl/N-ethyl adjacent to an activating group) is 1. The van der Waals surface area contributed by atoms with Gasteiger partial charge < -0.3 is 4.90 Å². The molecule has 1 aliphatic heterocycles. The van der Waals surface area contributed by atoms with Gasteiger partial charge in [-0.15, -0.1) is 0 Å². The van der Waals surface area contributed by atoms with Gasteiger partial charge in [0.1, 0.15) is 0 Å². The number of nitrogens with zero attached hydrogens (tertiary/aromatic N) is 1. The van der Waals surface area contributed by atoms with Crippen molar-refractivity contribution in [2.75, 3.05) is 20.1 Å². The molecule has 1 rings (SSSR count). The zero-order valence-electron chi connectivity index (χ0n) is 8.06. The molecule has 0 aromatic carbocycles. The summed E-state index contributed by atoms with van der Waals surface area (Å²) in [4.78, 5) is 2.32. The predicted octanol–water partition coefficient (Wildman–Crippen LogP) is 2.38. The van der Waals surface area contributed by atoms with Gasteiger partial charge in [-0.1, -0.05) is 24.8 Å². The first-order chi connectivity index (χ1) is 5.65. The maximum Gasteiger partial charge on any atom is 0.0235 e. The van der Waals surface area contributed by atoms with Crippen LogP contribution in [0.4, 0.5) is 0 Å². The second kappa shape index (κ2) is 3.72. The minimum absolute atomic E-state index is 1.02. The monoisotopic (exact) mass is 163 g/mol. The van der Waals surface area contributed by atoms with E-state index in [9.17, 15) is 0 Å². The predicted molar refractivity (Wildman–Crippen MR) is 54.2 cm³/mol. The Kier molecular flexibility index (Phi) is 2.88. The SMILES string of the molecule is C=CC1=C(C(=C)C)CN(C)CC1. The van der Waals surface area contributed by atoms with Gasteiger partial charge in [0.15, 0.2) is 0 Å². The molecular formula is C11H17N. The third kappa shape index (κ3) is 1.86. The lowest BCUT2D eigenvalue weighted by atomic mass is 9.96. The van der Waals surface area contributed by atoms with Crippen molar-refractivity contribution in [1.82, 2.24) is 4.90 Å².